The first kappa shape index (κ1) is 12.6. The van der Waals surface area contributed by atoms with E-state index in [4.69, 9.17) is 5.73 Å². The molecule has 0 spiro atoms. The molecule has 0 saturated carbocycles. The van der Waals surface area contributed by atoms with E-state index in [9.17, 15) is 4.39 Å². The molecule has 1 heterocycles. The smallest absolute Gasteiger partial charge is 0.138 e. The van der Waals surface area contributed by atoms with E-state index in [0.29, 0.717) is 14.9 Å². The Balaban J connectivity index is 1.98. The van der Waals surface area contributed by atoms with Gasteiger partial charge in [0.15, 0.2) is 0 Å². The molecule has 0 aliphatic heterocycles. The monoisotopic (exact) mass is 385 g/mol. The fourth-order valence-electron chi connectivity index (χ4n) is 1.76. The summed E-state index contributed by atoms with van der Waals surface area (Å²) in [6, 6.07) is 8.82. The molecule has 1 aromatic heterocycles. The van der Waals surface area contributed by atoms with Crippen LogP contribution in [0.15, 0.2) is 35.8 Å². The number of hydrogen-bond acceptors (Lipinski definition) is 4. The second kappa shape index (κ2) is 4.93. The van der Waals surface area contributed by atoms with Gasteiger partial charge in [0, 0.05) is 11.8 Å². The topological polar surface area (TPSA) is 50.9 Å². The van der Waals surface area contributed by atoms with Gasteiger partial charge < -0.3 is 11.1 Å². The maximum Gasteiger partial charge on any atom is 0.138 e. The van der Waals surface area contributed by atoms with E-state index in [1.54, 1.807) is 22.9 Å². The molecule has 0 radical (unpaired) electrons. The molecule has 3 rings (SSSR count). The van der Waals surface area contributed by atoms with Crippen LogP contribution in [-0.2, 0) is 0 Å². The number of nitrogens with one attached hydrogen (secondary N) is 1. The molecule has 96 valence electrons. The van der Waals surface area contributed by atoms with Crippen LogP contribution < -0.4 is 11.1 Å². The Morgan fingerprint density at radius 1 is 1.26 bits per heavy atom. The second-order valence-electron chi connectivity index (χ2n) is 4.01. The highest BCUT2D eigenvalue weighted by Gasteiger charge is 2.07. The number of aromatic nitrogens is 1. The van der Waals surface area contributed by atoms with Crippen LogP contribution in [0.3, 0.4) is 0 Å². The number of thiazole rings is 1. The van der Waals surface area contributed by atoms with Crippen molar-refractivity contribution in [3.8, 4) is 0 Å². The Bertz CT molecular complexity index is 757. The van der Waals surface area contributed by atoms with Gasteiger partial charge in [-0.3, -0.25) is 0 Å². The van der Waals surface area contributed by atoms with E-state index >= 15 is 0 Å². The van der Waals surface area contributed by atoms with Crippen LogP contribution >= 0.6 is 33.9 Å². The molecule has 3 aromatic rings. The van der Waals surface area contributed by atoms with Crippen molar-refractivity contribution in [2.45, 2.75) is 0 Å². The number of anilines is 3. The average molecular weight is 385 g/mol. The zero-order chi connectivity index (χ0) is 13.4. The van der Waals surface area contributed by atoms with Gasteiger partial charge in [0.1, 0.15) is 5.82 Å². The molecule has 0 amide bonds. The lowest BCUT2D eigenvalue weighted by Crippen LogP contribution is -1.98. The Kier molecular flexibility index (Phi) is 3.28. The van der Waals surface area contributed by atoms with E-state index < -0.39 is 0 Å². The molecule has 3 nitrogen and oxygen atoms in total. The highest BCUT2D eigenvalue weighted by atomic mass is 127. The van der Waals surface area contributed by atoms with Crippen molar-refractivity contribution in [3.05, 3.63) is 45.2 Å². The van der Waals surface area contributed by atoms with Gasteiger partial charge in [-0.2, -0.15) is 0 Å². The number of halogens is 2. The number of nitrogens with two attached hydrogens (primary N) is 1. The molecule has 0 bridgehead atoms. The van der Waals surface area contributed by atoms with Gasteiger partial charge in [-0.25, -0.2) is 9.37 Å². The maximum atomic E-state index is 13.6. The minimum atomic E-state index is -0.281. The first-order valence-electron chi connectivity index (χ1n) is 5.48. The molecule has 0 fully saturated rings. The molecule has 0 unspecified atom stereocenters. The minimum absolute atomic E-state index is 0.281. The summed E-state index contributed by atoms with van der Waals surface area (Å²) in [5.74, 6) is -0.281. The lowest BCUT2D eigenvalue weighted by Gasteiger charge is -2.10. The molecule has 0 aliphatic carbocycles. The predicted octanol–water partition coefficient (Wildman–Crippen LogP) is 4.37. The first-order valence-corrected chi connectivity index (χ1v) is 7.44. The van der Waals surface area contributed by atoms with E-state index in [-0.39, 0.29) is 5.82 Å². The van der Waals surface area contributed by atoms with E-state index in [0.717, 1.165) is 15.9 Å². The number of benzene rings is 2. The second-order valence-corrected chi connectivity index (χ2v) is 6.06. The Morgan fingerprint density at radius 2 is 2.11 bits per heavy atom. The quantitative estimate of drug-likeness (QED) is 0.509. The molecular formula is C13H9FIN3S. The predicted molar refractivity (Wildman–Crippen MR) is 86.4 cm³/mol. The van der Waals surface area contributed by atoms with Gasteiger partial charge >= 0.3 is 0 Å². The Morgan fingerprint density at radius 3 is 2.95 bits per heavy atom. The van der Waals surface area contributed by atoms with Crippen molar-refractivity contribution in [2.75, 3.05) is 11.1 Å². The number of nitrogens with zero attached hydrogens (tertiary/aromatic N) is 1. The summed E-state index contributed by atoms with van der Waals surface area (Å²) in [6.07, 6.45) is 0. The summed E-state index contributed by atoms with van der Waals surface area (Å²) >= 11 is 3.48. The van der Waals surface area contributed by atoms with Crippen molar-refractivity contribution >= 4 is 61.2 Å². The Hall–Kier alpha value is -1.41. The highest BCUT2D eigenvalue weighted by molar-refractivity contribution is 14.1. The summed E-state index contributed by atoms with van der Waals surface area (Å²) < 4.78 is 15.1. The first-order chi connectivity index (χ1) is 9.13. The molecule has 0 aliphatic rings. The van der Waals surface area contributed by atoms with Gasteiger partial charge in [0.05, 0.1) is 30.7 Å². The van der Waals surface area contributed by atoms with Crippen molar-refractivity contribution in [3.63, 3.8) is 0 Å². The van der Waals surface area contributed by atoms with Gasteiger partial charge in [0.25, 0.3) is 0 Å². The van der Waals surface area contributed by atoms with Gasteiger partial charge in [-0.05, 0) is 46.9 Å². The molecule has 3 N–H and O–H groups in total. The Labute approximate surface area is 126 Å². The van der Waals surface area contributed by atoms with Gasteiger partial charge in [0.2, 0.25) is 0 Å². The largest absolute Gasteiger partial charge is 0.397 e. The fourth-order valence-corrected chi connectivity index (χ4v) is 2.97. The number of fused-ring (bicyclic) bond motifs is 1. The van der Waals surface area contributed by atoms with Crippen LogP contribution in [-0.4, -0.2) is 4.98 Å². The summed E-state index contributed by atoms with van der Waals surface area (Å²) in [6.45, 7) is 0. The van der Waals surface area contributed by atoms with E-state index in [1.807, 2.05) is 40.8 Å². The third-order valence-electron chi connectivity index (χ3n) is 2.70. The van der Waals surface area contributed by atoms with Crippen LogP contribution in [0, 0.1) is 9.39 Å². The van der Waals surface area contributed by atoms with Crippen LogP contribution in [0.4, 0.5) is 21.5 Å². The molecule has 19 heavy (non-hydrogen) atoms. The van der Waals surface area contributed by atoms with Crippen LogP contribution in [0.5, 0.6) is 0 Å². The van der Waals surface area contributed by atoms with Crippen molar-refractivity contribution in [1.82, 2.24) is 4.98 Å². The zero-order valence-corrected chi connectivity index (χ0v) is 12.6. The van der Waals surface area contributed by atoms with Crippen molar-refractivity contribution in [2.24, 2.45) is 0 Å². The van der Waals surface area contributed by atoms with Crippen LogP contribution in [0.2, 0.25) is 0 Å². The maximum absolute atomic E-state index is 13.6. The fraction of sp³-hybridized carbons (Fsp3) is 0. The van der Waals surface area contributed by atoms with Gasteiger partial charge in [-0.1, -0.05) is 0 Å². The summed E-state index contributed by atoms with van der Waals surface area (Å²) in [5, 5.41) is 3.13. The third kappa shape index (κ3) is 2.50. The number of hydrogen-bond donors (Lipinski definition) is 2. The lowest BCUT2D eigenvalue weighted by molar-refractivity contribution is 0.621. The normalized spacial score (nSPS) is 10.8. The third-order valence-corrected chi connectivity index (χ3v) is 4.32. The highest BCUT2D eigenvalue weighted by Crippen LogP contribution is 2.29. The van der Waals surface area contributed by atoms with Gasteiger partial charge in [-0.15, -0.1) is 11.3 Å². The summed E-state index contributed by atoms with van der Waals surface area (Å²) in [4.78, 5) is 4.22. The number of nitrogen functional groups attached to an aromatic ring is 1. The van der Waals surface area contributed by atoms with E-state index in [2.05, 4.69) is 10.3 Å². The van der Waals surface area contributed by atoms with Crippen molar-refractivity contribution < 1.29 is 4.39 Å². The zero-order valence-electron chi connectivity index (χ0n) is 9.65. The molecule has 0 atom stereocenters. The standard InChI is InChI=1S/C13H9FIN3S/c14-8-4-12(10(16)5-9(8)15)18-7-1-2-11-13(3-7)19-6-17-11/h1-6,18H,16H2. The van der Waals surface area contributed by atoms with Crippen molar-refractivity contribution in [1.29, 1.82) is 0 Å². The average Bonchev–Trinajstić information content (AvgIpc) is 2.83. The lowest BCUT2D eigenvalue weighted by atomic mass is 10.2. The molecule has 0 saturated heterocycles. The SMILES string of the molecule is Nc1cc(I)c(F)cc1Nc1ccc2ncsc2c1. The molecule has 2 aromatic carbocycles. The summed E-state index contributed by atoms with van der Waals surface area (Å²) in [7, 11) is 0. The van der Waals surface area contributed by atoms with Crippen LogP contribution in [0.1, 0.15) is 0 Å². The minimum Gasteiger partial charge on any atom is -0.397 e. The van der Waals surface area contributed by atoms with E-state index in [1.165, 1.54) is 6.07 Å². The molecular weight excluding hydrogens is 376 g/mol. The molecule has 6 heteroatoms. The van der Waals surface area contributed by atoms with Crippen LogP contribution in [0.25, 0.3) is 10.2 Å². The summed E-state index contributed by atoms with van der Waals surface area (Å²) in [5.41, 5.74) is 10.6. The number of rotatable bonds is 2.